The summed E-state index contributed by atoms with van der Waals surface area (Å²) in [5, 5.41) is 7.57. The monoisotopic (exact) mass is 162 g/mol. The lowest BCUT2D eigenvalue weighted by Crippen LogP contribution is -1.90. The van der Waals surface area contributed by atoms with Gasteiger partial charge in [0, 0.05) is 6.61 Å². The maximum atomic E-state index is 11.2. The highest BCUT2D eigenvalue weighted by molar-refractivity contribution is 6.46. The van der Waals surface area contributed by atoms with Crippen molar-refractivity contribution in [2.75, 3.05) is 6.61 Å². The molecule has 0 spiro atoms. The van der Waals surface area contributed by atoms with Crippen molar-refractivity contribution in [3.8, 4) is 0 Å². The SMILES string of the molecule is CC(F)(Cl)Cl.CCO. The summed E-state index contributed by atoms with van der Waals surface area (Å²) in [4.78, 5) is 0. The molecule has 0 atom stereocenters. The zero-order valence-corrected chi connectivity index (χ0v) is 6.30. The molecule has 0 heterocycles. The van der Waals surface area contributed by atoms with E-state index in [1.54, 1.807) is 6.92 Å². The average Bonchev–Trinajstić information content (AvgIpc) is 1.27. The van der Waals surface area contributed by atoms with Gasteiger partial charge < -0.3 is 5.11 Å². The normalized spacial score (nSPS) is 9.75. The van der Waals surface area contributed by atoms with Crippen molar-refractivity contribution >= 4 is 23.2 Å². The molecule has 1 N–H and O–H groups in total. The second-order valence-electron chi connectivity index (χ2n) is 1.10. The Kier molecular flexibility index (Phi) is 7.91. The highest BCUT2D eigenvalue weighted by Crippen LogP contribution is 2.19. The zero-order valence-electron chi connectivity index (χ0n) is 4.79. The zero-order chi connectivity index (χ0) is 7.21. The van der Waals surface area contributed by atoms with E-state index < -0.39 is 4.59 Å². The fourth-order valence-corrected chi connectivity index (χ4v) is 0. The Balaban J connectivity index is 0. The predicted molar refractivity (Wildman–Crippen MR) is 34.0 cm³/mol. The standard InChI is InChI=1S/C2H3Cl2F.C2H6O/c1-2(3,4)5;1-2-3/h1H3;3H,2H2,1H3. The van der Waals surface area contributed by atoms with Crippen molar-refractivity contribution < 1.29 is 9.50 Å². The molecule has 0 aliphatic rings. The molecule has 0 aromatic rings. The Morgan fingerprint density at radius 3 is 1.62 bits per heavy atom. The third-order valence-corrected chi connectivity index (χ3v) is 0. The number of hydrogen-bond acceptors (Lipinski definition) is 1. The number of aliphatic hydroxyl groups is 1. The van der Waals surface area contributed by atoms with Gasteiger partial charge in [0.15, 0.2) is 0 Å². The van der Waals surface area contributed by atoms with E-state index in [1.165, 1.54) is 0 Å². The van der Waals surface area contributed by atoms with E-state index in [0.29, 0.717) is 0 Å². The van der Waals surface area contributed by atoms with Gasteiger partial charge in [-0.15, -0.1) is 0 Å². The van der Waals surface area contributed by atoms with E-state index in [2.05, 4.69) is 23.2 Å². The molecule has 0 saturated carbocycles. The second kappa shape index (κ2) is 5.60. The number of aliphatic hydroxyl groups excluding tert-OH is 1. The van der Waals surface area contributed by atoms with Crippen molar-refractivity contribution in [1.82, 2.24) is 0 Å². The van der Waals surface area contributed by atoms with Gasteiger partial charge in [-0.1, -0.05) is 23.2 Å². The lowest BCUT2D eigenvalue weighted by Gasteiger charge is -1.92. The van der Waals surface area contributed by atoms with E-state index in [1.807, 2.05) is 0 Å². The van der Waals surface area contributed by atoms with E-state index in [9.17, 15) is 4.39 Å². The molecule has 1 nitrogen and oxygen atoms in total. The molecule has 0 bridgehead atoms. The summed E-state index contributed by atoms with van der Waals surface area (Å²) in [5.41, 5.74) is 0. The first kappa shape index (κ1) is 11.3. The smallest absolute Gasteiger partial charge is 0.254 e. The maximum Gasteiger partial charge on any atom is 0.254 e. The van der Waals surface area contributed by atoms with E-state index >= 15 is 0 Å². The molecule has 0 fully saturated rings. The second-order valence-corrected chi connectivity index (χ2v) is 2.71. The van der Waals surface area contributed by atoms with Crippen LogP contribution in [0.5, 0.6) is 0 Å². The van der Waals surface area contributed by atoms with Gasteiger partial charge in [0.05, 0.1) is 0 Å². The first-order valence-electron chi connectivity index (χ1n) is 2.09. The lowest BCUT2D eigenvalue weighted by atomic mass is 10.9. The minimum Gasteiger partial charge on any atom is -0.397 e. The van der Waals surface area contributed by atoms with Crippen LogP contribution in [0.4, 0.5) is 4.39 Å². The van der Waals surface area contributed by atoms with Crippen molar-refractivity contribution in [3.05, 3.63) is 0 Å². The quantitative estimate of drug-likeness (QED) is 0.542. The van der Waals surface area contributed by atoms with E-state index in [0.717, 1.165) is 6.92 Å². The molecule has 0 rings (SSSR count). The molecule has 8 heavy (non-hydrogen) atoms. The van der Waals surface area contributed by atoms with Gasteiger partial charge >= 0.3 is 0 Å². The minimum atomic E-state index is -2.06. The molecular weight excluding hydrogens is 154 g/mol. The lowest BCUT2D eigenvalue weighted by molar-refractivity contribution is 0.318. The van der Waals surface area contributed by atoms with Gasteiger partial charge in [-0.25, -0.2) is 4.39 Å². The average molecular weight is 163 g/mol. The van der Waals surface area contributed by atoms with Crippen molar-refractivity contribution in [2.45, 2.75) is 18.4 Å². The minimum absolute atomic E-state index is 0.250. The molecule has 52 valence electrons. The third kappa shape index (κ3) is 876. The van der Waals surface area contributed by atoms with Crippen molar-refractivity contribution in [3.63, 3.8) is 0 Å². The van der Waals surface area contributed by atoms with Crippen LogP contribution >= 0.6 is 23.2 Å². The maximum absolute atomic E-state index is 11.2. The van der Waals surface area contributed by atoms with Crippen LogP contribution in [0, 0.1) is 0 Å². The summed E-state index contributed by atoms with van der Waals surface area (Å²) in [6.45, 7) is 2.98. The summed E-state index contributed by atoms with van der Waals surface area (Å²) in [7, 11) is 0. The Bertz CT molecular complexity index is 37.8. The molecule has 4 heteroatoms. The van der Waals surface area contributed by atoms with Gasteiger partial charge in [-0.2, -0.15) is 0 Å². The summed E-state index contributed by atoms with van der Waals surface area (Å²) in [5.74, 6) is 0. The van der Waals surface area contributed by atoms with Crippen LogP contribution in [0.25, 0.3) is 0 Å². The Hall–Kier alpha value is 0.470. The highest BCUT2D eigenvalue weighted by atomic mass is 35.5. The highest BCUT2D eigenvalue weighted by Gasteiger charge is 2.09. The van der Waals surface area contributed by atoms with Crippen LogP contribution in [0.2, 0.25) is 0 Å². The molecule has 0 aliphatic heterocycles. The van der Waals surface area contributed by atoms with Crippen LogP contribution in [-0.2, 0) is 0 Å². The summed E-state index contributed by atoms with van der Waals surface area (Å²) < 4.78 is 9.16. The number of halogens is 3. The molecule has 0 saturated heterocycles. The van der Waals surface area contributed by atoms with Crippen molar-refractivity contribution in [2.24, 2.45) is 0 Å². The first-order valence-corrected chi connectivity index (χ1v) is 2.85. The van der Waals surface area contributed by atoms with Gasteiger partial charge in [-0.3, -0.25) is 0 Å². The molecular formula is C4H9Cl2FO. The molecule has 0 aliphatic carbocycles. The van der Waals surface area contributed by atoms with Crippen LogP contribution < -0.4 is 0 Å². The number of alkyl halides is 3. The van der Waals surface area contributed by atoms with Gasteiger partial charge in [0.2, 0.25) is 0 Å². The van der Waals surface area contributed by atoms with E-state index in [-0.39, 0.29) is 6.61 Å². The predicted octanol–water partition coefficient (Wildman–Crippen LogP) is 2.11. The van der Waals surface area contributed by atoms with Crippen LogP contribution in [0.3, 0.4) is 0 Å². The Morgan fingerprint density at radius 2 is 1.62 bits per heavy atom. The van der Waals surface area contributed by atoms with Crippen LogP contribution in [0.15, 0.2) is 0 Å². The van der Waals surface area contributed by atoms with Gasteiger partial charge in [-0.05, 0) is 13.8 Å². The Labute approximate surface area is 58.4 Å². The number of rotatable bonds is 0. The Morgan fingerprint density at radius 1 is 1.62 bits per heavy atom. The van der Waals surface area contributed by atoms with Crippen LogP contribution in [0.1, 0.15) is 13.8 Å². The first-order chi connectivity index (χ1) is 3.41. The van der Waals surface area contributed by atoms with Crippen molar-refractivity contribution in [1.29, 1.82) is 0 Å². The topological polar surface area (TPSA) is 20.2 Å². The largest absolute Gasteiger partial charge is 0.397 e. The van der Waals surface area contributed by atoms with Crippen LogP contribution in [-0.4, -0.2) is 16.3 Å². The molecule has 0 unspecified atom stereocenters. The fourth-order valence-electron chi connectivity index (χ4n) is 0. The number of hydrogen-bond donors (Lipinski definition) is 1. The van der Waals surface area contributed by atoms with E-state index in [4.69, 9.17) is 5.11 Å². The molecule has 0 aromatic carbocycles. The molecule has 0 aromatic heterocycles. The van der Waals surface area contributed by atoms with Gasteiger partial charge in [0.25, 0.3) is 4.59 Å². The summed E-state index contributed by atoms with van der Waals surface area (Å²) in [6.07, 6.45) is 0. The third-order valence-electron chi connectivity index (χ3n) is 0. The summed E-state index contributed by atoms with van der Waals surface area (Å²) in [6, 6.07) is 0. The molecule has 0 amide bonds. The molecule has 0 radical (unpaired) electrons. The summed E-state index contributed by atoms with van der Waals surface area (Å²) >= 11 is 9.26. The van der Waals surface area contributed by atoms with Gasteiger partial charge in [0.1, 0.15) is 0 Å². The fraction of sp³-hybridized carbons (Fsp3) is 1.00.